The first-order chi connectivity index (χ1) is 7.97. The summed E-state index contributed by atoms with van der Waals surface area (Å²) in [6.07, 6.45) is 1.58. The van der Waals surface area contributed by atoms with Crippen LogP contribution < -0.4 is 0 Å². The van der Waals surface area contributed by atoms with Crippen LogP contribution in [-0.2, 0) is 12.4 Å². The van der Waals surface area contributed by atoms with E-state index in [0.717, 1.165) is 11.8 Å². The van der Waals surface area contributed by atoms with Crippen molar-refractivity contribution in [2.24, 2.45) is 0 Å². The molecule has 17 heavy (non-hydrogen) atoms. The molecule has 1 rings (SSSR count). The van der Waals surface area contributed by atoms with Crippen LogP contribution >= 0.6 is 11.8 Å². The number of amides is 1. The summed E-state index contributed by atoms with van der Waals surface area (Å²) < 4.78 is 0. The Kier molecular flexibility index (Phi) is 4.77. The number of carbonyl (C=O) groups excluding carboxylic acids is 1. The zero-order valence-electron chi connectivity index (χ0n) is 10.1. The van der Waals surface area contributed by atoms with Crippen LogP contribution in [0, 0.1) is 6.92 Å². The molecule has 0 saturated heterocycles. The molecule has 0 unspecified atom stereocenters. The van der Waals surface area contributed by atoms with Crippen molar-refractivity contribution in [3.63, 3.8) is 0 Å². The standard InChI is InChI=1S/C11H16N2O3S/c1-7-10(15)9(5-14)8(4-12-7)6-17-11(16)13(2)3/h4,14-15H,5-6H2,1-3H3. The number of aromatic hydroxyl groups is 1. The third-order valence-electron chi connectivity index (χ3n) is 2.30. The van der Waals surface area contributed by atoms with Crippen molar-refractivity contribution < 1.29 is 15.0 Å². The maximum absolute atomic E-state index is 11.4. The van der Waals surface area contributed by atoms with Crippen molar-refractivity contribution in [1.29, 1.82) is 0 Å². The second-order valence-corrected chi connectivity index (χ2v) is 4.73. The number of pyridine rings is 1. The van der Waals surface area contributed by atoms with Crippen molar-refractivity contribution in [2.45, 2.75) is 19.3 Å². The highest BCUT2D eigenvalue weighted by molar-refractivity contribution is 8.12. The molecule has 0 fully saturated rings. The highest BCUT2D eigenvalue weighted by Gasteiger charge is 2.13. The molecule has 1 aromatic heterocycles. The zero-order valence-corrected chi connectivity index (χ0v) is 10.9. The Balaban J connectivity index is 2.85. The van der Waals surface area contributed by atoms with E-state index < -0.39 is 0 Å². The van der Waals surface area contributed by atoms with E-state index >= 15 is 0 Å². The lowest BCUT2D eigenvalue weighted by atomic mass is 10.1. The van der Waals surface area contributed by atoms with E-state index in [-0.39, 0.29) is 17.6 Å². The van der Waals surface area contributed by atoms with Crippen molar-refractivity contribution >= 4 is 17.0 Å². The molecule has 1 heterocycles. The number of rotatable bonds is 3. The van der Waals surface area contributed by atoms with Gasteiger partial charge >= 0.3 is 0 Å². The summed E-state index contributed by atoms with van der Waals surface area (Å²) in [4.78, 5) is 16.9. The topological polar surface area (TPSA) is 73.7 Å². The van der Waals surface area contributed by atoms with Crippen molar-refractivity contribution in [2.75, 3.05) is 14.1 Å². The number of aliphatic hydroxyl groups is 1. The molecular formula is C11H16N2O3S. The van der Waals surface area contributed by atoms with Gasteiger partial charge in [-0.1, -0.05) is 11.8 Å². The smallest absolute Gasteiger partial charge is 0.281 e. The third-order valence-corrected chi connectivity index (χ3v) is 3.37. The van der Waals surface area contributed by atoms with E-state index in [9.17, 15) is 15.0 Å². The predicted octanol–water partition coefficient (Wildman–Crippen LogP) is 1.50. The van der Waals surface area contributed by atoms with E-state index in [1.165, 1.54) is 4.90 Å². The fourth-order valence-corrected chi connectivity index (χ4v) is 2.04. The van der Waals surface area contributed by atoms with Crippen LogP contribution in [0.25, 0.3) is 0 Å². The molecule has 0 saturated carbocycles. The maximum atomic E-state index is 11.4. The van der Waals surface area contributed by atoms with Gasteiger partial charge in [0.05, 0.1) is 12.3 Å². The molecule has 5 nitrogen and oxygen atoms in total. The molecule has 0 radical (unpaired) electrons. The number of hydrogen-bond donors (Lipinski definition) is 2. The summed E-state index contributed by atoms with van der Waals surface area (Å²) >= 11 is 1.11. The summed E-state index contributed by atoms with van der Waals surface area (Å²) in [6, 6.07) is 0. The summed E-state index contributed by atoms with van der Waals surface area (Å²) in [5.74, 6) is 0.385. The zero-order chi connectivity index (χ0) is 13.0. The average molecular weight is 256 g/mol. The Morgan fingerprint density at radius 3 is 2.71 bits per heavy atom. The average Bonchev–Trinajstić information content (AvgIpc) is 2.30. The van der Waals surface area contributed by atoms with E-state index in [2.05, 4.69) is 4.98 Å². The number of carbonyl (C=O) groups is 1. The van der Waals surface area contributed by atoms with Gasteiger partial charge in [-0.3, -0.25) is 9.78 Å². The van der Waals surface area contributed by atoms with Crippen LogP contribution in [0.3, 0.4) is 0 Å². The van der Waals surface area contributed by atoms with Crippen LogP contribution in [0.15, 0.2) is 6.20 Å². The number of hydrogen-bond acceptors (Lipinski definition) is 5. The molecular weight excluding hydrogens is 240 g/mol. The summed E-state index contributed by atoms with van der Waals surface area (Å²) in [7, 11) is 3.35. The van der Waals surface area contributed by atoms with Crippen molar-refractivity contribution in [1.82, 2.24) is 9.88 Å². The quantitative estimate of drug-likeness (QED) is 0.857. The van der Waals surface area contributed by atoms with Crippen molar-refractivity contribution in [3.05, 3.63) is 23.0 Å². The third kappa shape index (κ3) is 3.34. The lowest BCUT2D eigenvalue weighted by Crippen LogP contribution is -2.16. The van der Waals surface area contributed by atoms with Gasteiger partial charge < -0.3 is 15.1 Å². The minimum Gasteiger partial charge on any atom is -0.506 e. The van der Waals surface area contributed by atoms with Gasteiger partial charge in [-0.05, 0) is 12.5 Å². The number of aromatic nitrogens is 1. The summed E-state index contributed by atoms with van der Waals surface area (Å²) in [6.45, 7) is 1.40. The highest BCUT2D eigenvalue weighted by Crippen LogP contribution is 2.26. The number of aliphatic hydroxyl groups excluding tert-OH is 1. The molecule has 0 spiro atoms. The Morgan fingerprint density at radius 1 is 1.53 bits per heavy atom. The van der Waals surface area contributed by atoms with Crippen LogP contribution in [0.2, 0.25) is 0 Å². The van der Waals surface area contributed by atoms with Gasteiger partial charge in [-0.15, -0.1) is 0 Å². The van der Waals surface area contributed by atoms with Gasteiger partial charge in [-0.2, -0.15) is 0 Å². The van der Waals surface area contributed by atoms with Gasteiger partial charge in [0, 0.05) is 31.6 Å². The predicted molar refractivity (Wildman–Crippen MR) is 66.9 cm³/mol. The molecule has 0 atom stereocenters. The van der Waals surface area contributed by atoms with Gasteiger partial charge in [0.2, 0.25) is 0 Å². The van der Waals surface area contributed by atoms with Crippen molar-refractivity contribution in [3.8, 4) is 5.75 Å². The maximum Gasteiger partial charge on any atom is 0.281 e. The van der Waals surface area contributed by atoms with Crippen LogP contribution in [0.5, 0.6) is 5.75 Å². The molecule has 0 aromatic carbocycles. The normalized spacial score (nSPS) is 10.4. The molecule has 0 aliphatic heterocycles. The lowest BCUT2D eigenvalue weighted by molar-refractivity contribution is 0.241. The monoisotopic (exact) mass is 256 g/mol. The van der Waals surface area contributed by atoms with E-state index in [0.29, 0.717) is 22.6 Å². The fourth-order valence-electron chi connectivity index (χ4n) is 1.25. The molecule has 0 aliphatic carbocycles. The Morgan fingerprint density at radius 2 is 2.18 bits per heavy atom. The summed E-state index contributed by atoms with van der Waals surface area (Å²) in [5, 5.41) is 18.9. The van der Waals surface area contributed by atoms with Gasteiger partial charge in [0.25, 0.3) is 5.24 Å². The number of thioether (sulfide) groups is 1. The second-order valence-electron chi connectivity index (χ2n) is 3.80. The number of nitrogens with zero attached hydrogens (tertiary/aromatic N) is 2. The Hall–Kier alpha value is -1.27. The van der Waals surface area contributed by atoms with Gasteiger partial charge in [0.15, 0.2) is 0 Å². The number of aryl methyl sites for hydroxylation is 1. The highest BCUT2D eigenvalue weighted by atomic mass is 32.2. The van der Waals surface area contributed by atoms with Crippen LogP contribution in [0.4, 0.5) is 4.79 Å². The first-order valence-electron chi connectivity index (χ1n) is 5.08. The fraction of sp³-hybridized carbons (Fsp3) is 0.455. The molecule has 6 heteroatoms. The van der Waals surface area contributed by atoms with Crippen LogP contribution in [0.1, 0.15) is 16.8 Å². The van der Waals surface area contributed by atoms with E-state index in [4.69, 9.17) is 0 Å². The minimum absolute atomic E-state index is 0.00269. The second kappa shape index (κ2) is 5.88. The van der Waals surface area contributed by atoms with Gasteiger partial charge in [0.1, 0.15) is 5.75 Å². The molecule has 0 aliphatic rings. The minimum atomic E-state index is -0.263. The molecule has 94 valence electrons. The SMILES string of the molecule is Cc1ncc(CSC(=O)N(C)C)c(CO)c1O. The molecule has 1 amide bonds. The lowest BCUT2D eigenvalue weighted by Gasteiger charge is -2.12. The van der Waals surface area contributed by atoms with Crippen LogP contribution in [-0.4, -0.2) is 39.4 Å². The largest absolute Gasteiger partial charge is 0.506 e. The molecule has 2 N–H and O–H groups in total. The first-order valence-corrected chi connectivity index (χ1v) is 6.07. The molecule has 1 aromatic rings. The summed E-state index contributed by atoms with van der Waals surface area (Å²) in [5.41, 5.74) is 1.59. The first kappa shape index (κ1) is 13.8. The van der Waals surface area contributed by atoms with E-state index in [1.807, 2.05) is 0 Å². The van der Waals surface area contributed by atoms with E-state index in [1.54, 1.807) is 27.2 Å². The Bertz CT molecular complexity index is 421. The Labute approximate surface area is 104 Å². The molecule has 0 bridgehead atoms. The van der Waals surface area contributed by atoms with Gasteiger partial charge in [-0.25, -0.2) is 0 Å².